The van der Waals surface area contributed by atoms with Crippen LogP contribution in [0.15, 0.2) is 72.9 Å². The first-order valence-electron chi connectivity index (χ1n) is 11.8. The van der Waals surface area contributed by atoms with Crippen molar-refractivity contribution in [2.45, 2.75) is 19.3 Å². The number of likely N-dealkylation sites (N-methyl/N-ethyl adjacent to an activating group) is 1. The minimum Gasteiger partial charge on any atom is -0.356 e. The number of carbonyl (C=O) groups is 2. The molecule has 1 aliphatic rings. The van der Waals surface area contributed by atoms with Gasteiger partial charge < -0.3 is 20.5 Å². The Morgan fingerprint density at radius 2 is 1.86 bits per heavy atom. The normalized spacial score (nSPS) is 13.0. The number of rotatable bonds is 7. The molecule has 9 heteroatoms. The van der Waals surface area contributed by atoms with E-state index in [2.05, 4.69) is 20.6 Å². The molecule has 0 saturated carbocycles. The van der Waals surface area contributed by atoms with Crippen molar-refractivity contribution in [3.05, 3.63) is 95.3 Å². The van der Waals surface area contributed by atoms with Crippen LogP contribution in [0.25, 0.3) is 11.3 Å². The van der Waals surface area contributed by atoms with E-state index >= 15 is 0 Å². The van der Waals surface area contributed by atoms with Gasteiger partial charge >= 0.3 is 0 Å². The number of para-hydroxylation sites is 1. The Balaban J connectivity index is 1.42. The molecule has 2 aromatic heterocycles. The molecule has 188 valence electrons. The quantitative estimate of drug-likeness (QED) is 0.309. The third-order valence-electron chi connectivity index (χ3n) is 6.29. The van der Waals surface area contributed by atoms with E-state index in [1.807, 2.05) is 30.3 Å². The predicted molar refractivity (Wildman–Crippen MR) is 138 cm³/mol. The summed E-state index contributed by atoms with van der Waals surface area (Å²) in [4.78, 5) is 35.1. The number of amides is 2. The third kappa shape index (κ3) is 5.20. The lowest BCUT2D eigenvalue weighted by molar-refractivity contribution is -0.115. The molecule has 0 atom stereocenters. The van der Waals surface area contributed by atoms with Crippen molar-refractivity contribution in [1.29, 1.82) is 0 Å². The summed E-state index contributed by atoms with van der Waals surface area (Å²) in [6.45, 7) is 0.618. The van der Waals surface area contributed by atoms with Gasteiger partial charge in [-0.1, -0.05) is 42.5 Å². The maximum Gasteiger partial charge on any atom is 0.263 e. The molecule has 3 heterocycles. The van der Waals surface area contributed by atoms with Gasteiger partial charge in [0.1, 0.15) is 5.82 Å². The molecule has 0 aliphatic carbocycles. The fourth-order valence-electron chi connectivity index (χ4n) is 4.36. The van der Waals surface area contributed by atoms with Crippen LogP contribution in [0.3, 0.4) is 0 Å². The number of aromatic amines is 1. The molecule has 0 bridgehead atoms. The molecule has 0 radical (unpaired) electrons. The van der Waals surface area contributed by atoms with Crippen molar-refractivity contribution in [3.8, 4) is 11.3 Å². The Bertz CT molecular complexity index is 1430. The molecule has 0 spiro atoms. The van der Waals surface area contributed by atoms with Crippen LogP contribution in [0.5, 0.6) is 0 Å². The first-order valence-corrected chi connectivity index (χ1v) is 11.8. The van der Waals surface area contributed by atoms with Crippen LogP contribution in [0.4, 0.5) is 26.0 Å². The van der Waals surface area contributed by atoms with Crippen LogP contribution in [0.2, 0.25) is 0 Å². The number of pyridine rings is 1. The minimum absolute atomic E-state index is 0.0217. The van der Waals surface area contributed by atoms with Gasteiger partial charge in [-0.05, 0) is 29.8 Å². The number of aromatic nitrogens is 2. The zero-order chi connectivity index (χ0) is 25.9. The summed E-state index contributed by atoms with van der Waals surface area (Å²) in [5.74, 6) is -0.0457. The van der Waals surface area contributed by atoms with Crippen LogP contribution in [-0.2, 0) is 17.6 Å². The second-order valence-corrected chi connectivity index (χ2v) is 8.89. The Labute approximate surface area is 212 Å². The van der Waals surface area contributed by atoms with Crippen molar-refractivity contribution >= 4 is 29.0 Å². The average Bonchev–Trinajstić information content (AvgIpc) is 3.26. The maximum absolute atomic E-state index is 13.1. The van der Waals surface area contributed by atoms with E-state index in [0.29, 0.717) is 35.6 Å². The number of alkyl halides is 2. The van der Waals surface area contributed by atoms with Crippen molar-refractivity contribution < 1.29 is 18.4 Å². The first kappa shape index (κ1) is 24.2. The Morgan fingerprint density at radius 3 is 2.59 bits per heavy atom. The molecule has 0 saturated heterocycles. The summed E-state index contributed by atoms with van der Waals surface area (Å²) in [7, 11) is 1.78. The van der Waals surface area contributed by atoms with Gasteiger partial charge in [-0.2, -0.15) is 0 Å². The molecule has 5 rings (SSSR count). The summed E-state index contributed by atoms with van der Waals surface area (Å²) in [6.07, 6.45) is -0.249. The summed E-state index contributed by atoms with van der Waals surface area (Å²) in [6, 6.07) is 18.8. The average molecular weight is 502 g/mol. The standard InChI is InChI=1S/C28H25F2N5O2/c1-35-14-12-21-24(28(35)37)26(32-20-5-3-2-4-6-20)25(33-21)19-11-13-31-22(16-19)34-23(36)15-17-7-9-18(10-8-17)27(29)30/h2-11,13,16,27,32-33H,12,14-15H2,1H3,(H,31,34,36). The van der Waals surface area contributed by atoms with E-state index < -0.39 is 6.43 Å². The summed E-state index contributed by atoms with van der Waals surface area (Å²) in [5, 5.41) is 6.17. The summed E-state index contributed by atoms with van der Waals surface area (Å²) in [5.41, 5.74) is 4.96. The Kier molecular flexibility index (Phi) is 6.68. The highest BCUT2D eigenvalue weighted by atomic mass is 19.3. The van der Waals surface area contributed by atoms with Crippen LogP contribution in [0.1, 0.15) is 33.6 Å². The van der Waals surface area contributed by atoms with Crippen molar-refractivity contribution in [2.24, 2.45) is 0 Å². The number of hydrogen-bond acceptors (Lipinski definition) is 4. The van der Waals surface area contributed by atoms with Gasteiger partial charge in [0.15, 0.2) is 0 Å². The lowest BCUT2D eigenvalue weighted by atomic mass is 10.0. The number of nitrogens with one attached hydrogen (secondary N) is 3. The van der Waals surface area contributed by atoms with Crippen LogP contribution < -0.4 is 10.6 Å². The number of carbonyl (C=O) groups excluding carboxylic acids is 2. The molecule has 0 unspecified atom stereocenters. The van der Waals surface area contributed by atoms with Gasteiger partial charge in [0.05, 0.1) is 23.4 Å². The van der Waals surface area contributed by atoms with E-state index in [1.54, 1.807) is 30.3 Å². The van der Waals surface area contributed by atoms with Gasteiger partial charge in [0.2, 0.25) is 5.91 Å². The van der Waals surface area contributed by atoms with Gasteiger partial charge in [0, 0.05) is 48.7 Å². The fourth-order valence-corrected chi connectivity index (χ4v) is 4.36. The lowest BCUT2D eigenvalue weighted by Gasteiger charge is -2.23. The van der Waals surface area contributed by atoms with E-state index in [0.717, 1.165) is 22.6 Å². The SMILES string of the molecule is CN1CCc2[nH]c(-c3ccnc(NC(=O)Cc4ccc(C(F)F)cc4)c3)c(Nc3ccccc3)c2C1=O. The summed E-state index contributed by atoms with van der Waals surface area (Å²) < 4.78 is 25.6. The number of hydrogen-bond donors (Lipinski definition) is 3. The molecule has 2 amide bonds. The third-order valence-corrected chi connectivity index (χ3v) is 6.29. The van der Waals surface area contributed by atoms with Crippen molar-refractivity contribution in [3.63, 3.8) is 0 Å². The highest BCUT2D eigenvalue weighted by Gasteiger charge is 2.30. The monoisotopic (exact) mass is 501 g/mol. The molecule has 37 heavy (non-hydrogen) atoms. The molecule has 2 aromatic carbocycles. The zero-order valence-electron chi connectivity index (χ0n) is 20.1. The molecule has 1 aliphatic heterocycles. The zero-order valence-corrected chi connectivity index (χ0v) is 20.1. The Morgan fingerprint density at radius 1 is 1.11 bits per heavy atom. The van der Waals surface area contributed by atoms with Gasteiger partial charge in [-0.25, -0.2) is 13.8 Å². The van der Waals surface area contributed by atoms with Crippen LogP contribution in [-0.4, -0.2) is 40.3 Å². The predicted octanol–water partition coefficient (Wildman–Crippen LogP) is 5.57. The number of H-pyrrole nitrogens is 1. The highest BCUT2D eigenvalue weighted by molar-refractivity contribution is 6.06. The summed E-state index contributed by atoms with van der Waals surface area (Å²) >= 11 is 0. The van der Waals surface area contributed by atoms with Crippen LogP contribution >= 0.6 is 0 Å². The smallest absolute Gasteiger partial charge is 0.263 e. The first-order chi connectivity index (χ1) is 17.9. The fraction of sp³-hybridized carbons (Fsp3) is 0.179. The van der Waals surface area contributed by atoms with Crippen molar-refractivity contribution in [2.75, 3.05) is 24.2 Å². The number of anilines is 3. The number of benzene rings is 2. The highest BCUT2D eigenvalue weighted by Crippen LogP contribution is 2.38. The number of halogens is 2. The van der Waals surface area contributed by atoms with Gasteiger partial charge in [-0.3, -0.25) is 9.59 Å². The molecular formula is C28H25F2N5O2. The van der Waals surface area contributed by atoms with Gasteiger partial charge in [0.25, 0.3) is 12.3 Å². The van der Waals surface area contributed by atoms with Crippen LogP contribution in [0, 0.1) is 0 Å². The largest absolute Gasteiger partial charge is 0.356 e. The maximum atomic E-state index is 13.1. The minimum atomic E-state index is -2.55. The second-order valence-electron chi connectivity index (χ2n) is 8.89. The Hall–Kier alpha value is -4.53. The lowest BCUT2D eigenvalue weighted by Crippen LogP contribution is -2.34. The molecule has 0 fully saturated rings. The number of fused-ring (bicyclic) bond motifs is 1. The molecule has 3 N–H and O–H groups in total. The topological polar surface area (TPSA) is 90.1 Å². The van der Waals surface area contributed by atoms with E-state index in [1.165, 1.54) is 24.3 Å². The van der Waals surface area contributed by atoms with E-state index in [4.69, 9.17) is 0 Å². The second kappa shape index (κ2) is 10.2. The molecule has 7 nitrogen and oxygen atoms in total. The van der Waals surface area contributed by atoms with Crippen molar-refractivity contribution in [1.82, 2.24) is 14.9 Å². The molecule has 4 aromatic rings. The number of nitrogens with zero attached hydrogens (tertiary/aromatic N) is 2. The van der Waals surface area contributed by atoms with Gasteiger partial charge in [-0.15, -0.1) is 0 Å². The van der Waals surface area contributed by atoms with E-state index in [9.17, 15) is 18.4 Å². The van der Waals surface area contributed by atoms with E-state index in [-0.39, 0.29) is 23.8 Å². The molecular weight excluding hydrogens is 476 g/mol.